The summed E-state index contributed by atoms with van der Waals surface area (Å²) in [6.07, 6.45) is 2.04. The maximum atomic E-state index is 10.2. The number of β-amino-alcohol motifs (C(OH)–C–C–N with tert-alkyl or cyclic N) is 1. The van der Waals surface area contributed by atoms with E-state index >= 15 is 0 Å². The summed E-state index contributed by atoms with van der Waals surface area (Å²) < 4.78 is 10.5. The number of nitrogens with zero attached hydrogens (tertiary/aromatic N) is 1. The molecule has 1 atom stereocenters. The average molecular weight is 265 g/mol. The minimum absolute atomic E-state index is 0.384. The van der Waals surface area contributed by atoms with E-state index < -0.39 is 6.10 Å². The molecule has 1 aliphatic rings. The number of hydrogen-bond acceptors (Lipinski definition) is 4. The van der Waals surface area contributed by atoms with Crippen LogP contribution in [0.3, 0.4) is 0 Å². The van der Waals surface area contributed by atoms with Crippen LogP contribution >= 0.6 is 0 Å². The van der Waals surface area contributed by atoms with Crippen molar-refractivity contribution < 1.29 is 14.6 Å². The maximum Gasteiger partial charge on any atom is 0.118 e. The summed E-state index contributed by atoms with van der Waals surface area (Å²) in [7, 11) is 3.41. The second kappa shape index (κ2) is 6.89. The Labute approximate surface area is 114 Å². The highest BCUT2D eigenvalue weighted by molar-refractivity contribution is 5.28. The zero-order valence-corrected chi connectivity index (χ0v) is 11.7. The fraction of sp³-hybridized carbons (Fsp3) is 0.600. The van der Waals surface area contributed by atoms with Crippen LogP contribution in [-0.2, 0) is 4.74 Å². The Bertz CT molecular complexity index is 371. The van der Waals surface area contributed by atoms with Gasteiger partial charge in [0, 0.05) is 26.7 Å². The van der Waals surface area contributed by atoms with Gasteiger partial charge in [0.15, 0.2) is 0 Å². The molecule has 0 aliphatic carbocycles. The summed E-state index contributed by atoms with van der Waals surface area (Å²) in [6, 6.07) is 7.61. The fourth-order valence-electron chi connectivity index (χ4n) is 2.50. The molecule has 4 heteroatoms. The molecule has 4 nitrogen and oxygen atoms in total. The topological polar surface area (TPSA) is 41.9 Å². The van der Waals surface area contributed by atoms with Gasteiger partial charge in [0.25, 0.3) is 0 Å². The molecule has 1 aromatic carbocycles. The number of ether oxygens (including phenoxy) is 2. The predicted octanol–water partition coefficient (Wildman–Crippen LogP) is 1.84. The molecular formula is C15H23NO3. The molecule has 1 aromatic rings. The van der Waals surface area contributed by atoms with Gasteiger partial charge in [0.2, 0.25) is 0 Å². The lowest BCUT2D eigenvalue weighted by Gasteiger charge is -2.32. The number of likely N-dealkylation sites (tertiary alicyclic amines) is 1. The lowest BCUT2D eigenvalue weighted by molar-refractivity contribution is 0.0242. The standard InChI is InChI=1S/C15H23NO3/c1-18-13-5-3-12(4-6-13)15(17)11-16-9-7-14(19-2)8-10-16/h3-6,14-15,17H,7-11H2,1-2H3. The quantitative estimate of drug-likeness (QED) is 0.882. The average Bonchev–Trinajstić information content (AvgIpc) is 2.48. The first-order valence-corrected chi connectivity index (χ1v) is 6.80. The second-order valence-electron chi connectivity index (χ2n) is 5.02. The van der Waals surface area contributed by atoms with Gasteiger partial charge in [-0.1, -0.05) is 12.1 Å². The van der Waals surface area contributed by atoms with Crippen LogP contribution in [0, 0.1) is 0 Å². The number of hydrogen-bond donors (Lipinski definition) is 1. The third kappa shape index (κ3) is 3.93. The van der Waals surface area contributed by atoms with Crippen LogP contribution in [0.5, 0.6) is 5.75 Å². The third-order valence-electron chi connectivity index (χ3n) is 3.80. The van der Waals surface area contributed by atoms with Gasteiger partial charge in [-0.15, -0.1) is 0 Å². The van der Waals surface area contributed by atoms with Crippen LogP contribution in [0.25, 0.3) is 0 Å². The monoisotopic (exact) mass is 265 g/mol. The molecule has 0 spiro atoms. The molecule has 19 heavy (non-hydrogen) atoms. The Morgan fingerprint density at radius 2 is 1.84 bits per heavy atom. The third-order valence-corrected chi connectivity index (χ3v) is 3.80. The van der Waals surface area contributed by atoms with Gasteiger partial charge in [-0.25, -0.2) is 0 Å². The van der Waals surface area contributed by atoms with E-state index in [9.17, 15) is 5.11 Å². The number of aliphatic hydroxyl groups is 1. The number of methoxy groups -OCH3 is 2. The molecule has 1 unspecified atom stereocenters. The molecule has 1 aliphatic heterocycles. The van der Waals surface area contributed by atoms with E-state index in [1.807, 2.05) is 24.3 Å². The smallest absolute Gasteiger partial charge is 0.118 e. The second-order valence-corrected chi connectivity index (χ2v) is 5.02. The van der Waals surface area contributed by atoms with Crippen molar-refractivity contribution >= 4 is 0 Å². The SMILES string of the molecule is COc1ccc(C(O)CN2CCC(OC)CC2)cc1. The highest BCUT2D eigenvalue weighted by Gasteiger charge is 2.21. The lowest BCUT2D eigenvalue weighted by Crippen LogP contribution is -2.38. The molecule has 0 bridgehead atoms. The van der Waals surface area contributed by atoms with Gasteiger partial charge in [-0.2, -0.15) is 0 Å². The van der Waals surface area contributed by atoms with Crippen molar-refractivity contribution in [2.75, 3.05) is 33.9 Å². The van der Waals surface area contributed by atoms with Gasteiger partial charge in [-0.3, -0.25) is 0 Å². The van der Waals surface area contributed by atoms with Gasteiger partial charge in [0.1, 0.15) is 5.75 Å². The van der Waals surface area contributed by atoms with E-state index in [1.54, 1.807) is 14.2 Å². The number of piperidine rings is 1. The maximum absolute atomic E-state index is 10.2. The van der Waals surface area contributed by atoms with Gasteiger partial charge >= 0.3 is 0 Å². The fourth-order valence-corrected chi connectivity index (χ4v) is 2.50. The van der Waals surface area contributed by atoms with Crippen LogP contribution < -0.4 is 4.74 Å². The van der Waals surface area contributed by atoms with Gasteiger partial charge in [0.05, 0.1) is 19.3 Å². The van der Waals surface area contributed by atoms with Crippen molar-refractivity contribution in [1.29, 1.82) is 0 Å². The Kier molecular flexibility index (Phi) is 5.19. The molecule has 2 rings (SSSR count). The summed E-state index contributed by atoms with van der Waals surface area (Å²) in [5, 5.41) is 10.2. The van der Waals surface area contributed by atoms with Crippen molar-refractivity contribution in [3.8, 4) is 5.75 Å². The molecular weight excluding hydrogens is 242 g/mol. The first-order chi connectivity index (χ1) is 9.22. The largest absolute Gasteiger partial charge is 0.497 e. The van der Waals surface area contributed by atoms with Crippen molar-refractivity contribution in [1.82, 2.24) is 4.90 Å². The van der Waals surface area contributed by atoms with Crippen molar-refractivity contribution in [2.45, 2.75) is 25.0 Å². The lowest BCUT2D eigenvalue weighted by atomic mass is 10.0. The predicted molar refractivity (Wildman–Crippen MR) is 74.4 cm³/mol. The zero-order valence-electron chi connectivity index (χ0n) is 11.7. The van der Waals surface area contributed by atoms with Crippen LogP contribution in [0.15, 0.2) is 24.3 Å². The minimum atomic E-state index is -0.440. The molecule has 0 saturated carbocycles. The van der Waals surface area contributed by atoms with E-state index in [2.05, 4.69) is 4.90 Å². The number of benzene rings is 1. The van der Waals surface area contributed by atoms with Gasteiger partial charge < -0.3 is 19.5 Å². The first-order valence-electron chi connectivity index (χ1n) is 6.80. The number of rotatable bonds is 5. The van der Waals surface area contributed by atoms with Crippen molar-refractivity contribution in [3.63, 3.8) is 0 Å². The molecule has 106 valence electrons. The summed E-state index contributed by atoms with van der Waals surface area (Å²) in [4.78, 5) is 2.30. The summed E-state index contributed by atoms with van der Waals surface area (Å²) in [6.45, 7) is 2.67. The Hall–Kier alpha value is -1.10. The van der Waals surface area contributed by atoms with E-state index in [0.29, 0.717) is 12.6 Å². The van der Waals surface area contributed by atoms with Crippen molar-refractivity contribution in [3.05, 3.63) is 29.8 Å². The molecule has 1 heterocycles. The molecule has 1 saturated heterocycles. The molecule has 1 fully saturated rings. The van der Waals surface area contributed by atoms with Crippen LogP contribution in [0.2, 0.25) is 0 Å². The molecule has 0 amide bonds. The summed E-state index contributed by atoms with van der Waals surface area (Å²) in [5.74, 6) is 0.817. The summed E-state index contributed by atoms with van der Waals surface area (Å²) >= 11 is 0. The Morgan fingerprint density at radius 3 is 2.37 bits per heavy atom. The molecule has 0 aromatic heterocycles. The van der Waals surface area contributed by atoms with Crippen LogP contribution in [0.4, 0.5) is 0 Å². The van der Waals surface area contributed by atoms with Crippen LogP contribution in [0.1, 0.15) is 24.5 Å². The highest BCUT2D eigenvalue weighted by atomic mass is 16.5. The highest BCUT2D eigenvalue weighted by Crippen LogP contribution is 2.20. The van der Waals surface area contributed by atoms with Crippen LogP contribution in [-0.4, -0.2) is 50.0 Å². The minimum Gasteiger partial charge on any atom is -0.497 e. The zero-order chi connectivity index (χ0) is 13.7. The van der Waals surface area contributed by atoms with Gasteiger partial charge in [-0.05, 0) is 30.5 Å². The number of aliphatic hydroxyl groups excluding tert-OH is 1. The van der Waals surface area contributed by atoms with E-state index in [4.69, 9.17) is 9.47 Å². The first kappa shape index (κ1) is 14.3. The van der Waals surface area contributed by atoms with E-state index in [0.717, 1.165) is 37.2 Å². The Balaban J connectivity index is 1.85. The summed E-state index contributed by atoms with van der Waals surface area (Å²) in [5.41, 5.74) is 0.940. The molecule has 1 N–H and O–H groups in total. The van der Waals surface area contributed by atoms with Crippen molar-refractivity contribution in [2.24, 2.45) is 0 Å². The Morgan fingerprint density at radius 1 is 1.21 bits per heavy atom. The van der Waals surface area contributed by atoms with E-state index in [1.165, 1.54) is 0 Å². The van der Waals surface area contributed by atoms with E-state index in [-0.39, 0.29) is 0 Å². The normalized spacial score (nSPS) is 19.3. The molecule has 0 radical (unpaired) electrons.